The molecule has 1 aliphatic rings. The lowest BCUT2D eigenvalue weighted by Crippen LogP contribution is -2.20. The molecule has 4 rings (SSSR count). The lowest BCUT2D eigenvalue weighted by Gasteiger charge is -2.14. The molecule has 1 N–H and O–H groups in total. The number of nitrogens with zero attached hydrogens (tertiary/aromatic N) is 1. The molecule has 0 unspecified atom stereocenters. The highest BCUT2D eigenvalue weighted by Crippen LogP contribution is 2.24. The summed E-state index contributed by atoms with van der Waals surface area (Å²) in [7, 11) is 0. The zero-order chi connectivity index (χ0) is 16.5. The summed E-state index contributed by atoms with van der Waals surface area (Å²) in [4.78, 5) is 15.9. The molecule has 5 heteroatoms. The van der Waals surface area contributed by atoms with Gasteiger partial charge in [-0.3, -0.25) is 9.36 Å². The Morgan fingerprint density at radius 3 is 2.50 bits per heavy atom. The van der Waals surface area contributed by atoms with Crippen molar-refractivity contribution < 1.29 is 4.74 Å². The lowest BCUT2D eigenvalue weighted by molar-refractivity contribution is 0.210. The highest BCUT2D eigenvalue weighted by atomic mass is 32.1. The van der Waals surface area contributed by atoms with Crippen molar-refractivity contribution >= 4 is 23.1 Å². The number of nitrogens with one attached hydrogen (secondary N) is 1. The number of hydrogen-bond donors (Lipinski definition) is 1. The van der Waals surface area contributed by atoms with Crippen LogP contribution in [0.3, 0.4) is 0 Å². The summed E-state index contributed by atoms with van der Waals surface area (Å²) in [6, 6.07) is 15.0. The normalized spacial score (nSPS) is 15.0. The van der Waals surface area contributed by atoms with E-state index in [0.29, 0.717) is 16.3 Å². The zero-order valence-corrected chi connectivity index (χ0v) is 14.0. The first-order chi connectivity index (χ1) is 11.7. The average molecular weight is 338 g/mol. The molecule has 0 atom stereocenters. The molecule has 0 bridgehead atoms. The molecular weight excluding hydrogens is 320 g/mol. The van der Waals surface area contributed by atoms with Crippen molar-refractivity contribution in [1.29, 1.82) is 0 Å². The molecule has 3 aromatic rings. The lowest BCUT2D eigenvalue weighted by atomic mass is 10.2. The van der Waals surface area contributed by atoms with Crippen LogP contribution < -0.4 is 10.3 Å². The van der Waals surface area contributed by atoms with Crippen LogP contribution in [-0.4, -0.2) is 15.7 Å². The molecule has 0 radical (unpaired) electrons. The van der Waals surface area contributed by atoms with Crippen LogP contribution in [0.1, 0.15) is 25.7 Å². The van der Waals surface area contributed by atoms with Gasteiger partial charge in [0.2, 0.25) is 0 Å². The first kappa shape index (κ1) is 15.1. The molecule has 122 valence electrons. The van der Waals surface area contributed by atoms with E-state index in [4.69, 9.17) is 17.0 Å². The summed E-state index contributed by atoms with van der Waals surface area (Å²) in [5, 5.41) is 0.623. The molecule has 1 aliphatic carbocycles. The summed E-state index contributed by atoms with van der Waals surface area (Å²) in [5.74, 6) is 0.842. The first-order valence-corrected chi connectivity index (χ1v) is 8.64. The minimum atomic E-state index is -0.112. The molecule has 0 spiro atoms. The van der Waals surface area contributed by atoms with Gasteiger partial charge in [-0.05, 0) is 74.3 Å². The molecule has 1 saturated carbocycles. The van der Waals surface area contributed by atoms with E-state index in [1.54, 1.807) is 6.07 Å². The molecule has 1 aromatic heterocycles. The maximum Gasteiger partial charge on any atom is 0.266 e. The average Bonchev–Trinajstić information content (AvgIpc) is 3.09. The Bertz CT molecular complexity index is 983. The summed E-state index contributed by atoms with van der Waals surface area (Å²) >= 11 is 5.37. The smallest absolute Gasteiger partial charge is 0.266 e. The topological polar surface area (TPSA) is 47.0 Å². The van der Waals surface area contributed by atoms with E-state index in [2.05, 4.69) is 4.98 Å². The monoisotopic (exact) mass is 338 g/mol. The van der Waals surface area contributed by atoms with Crippen molar-refractivity contribution in [3.8, 4) is 11.4 Å². The van der Waals surface area contributed by atoms with Crippen LogP contribution in [0.5, 0.6) is 5.75 Å². The highest BCUT2D eigenvalue weighted by Gasteiger charge is 2.16. The second-order valence-corrected chi connectivity index (χ2v) is 6.52. The molecule has 1 fully saturated rings. The van der Waals surface area contributed by atoms with Crippen LogP contribution >= 0.6 is 12.2 Å². The largest absolute Gasteiger partial charge is 0.490 e. The van der Waals surface area contributed by atoms with E-state index in [1.165, 1.54) is 17.4 Å². The fourth-order valence-electron chi connectivity index (χ4n) is 3.27. The number of para-hydroxylation sites is 1. The standard InChI is InChI=1S/C19H18N2O2S/c22-18-16-7-3-4-8-17(16)20-19(24)21(18)13-9-11-15(12-10-13)23-14-5-1-2-6-14/h3-4,7-12,14H,1-2,5-6H2,(H,20,24). The van der Waals surface area contributed by atoms with Crippen molar-refractivity contribution in [3.63, 3.8) is 0 Å². The summed E-state index contributed by atoms with van der Waals surface area (Å²) in [6.07, 6.45) is 5.05. The number of aromatic nitrogens is 2. The van der Waals surface area contributed by atoms with E-state index in [0.717, 1.165) is 29.8 Å². The van der Waals surface area contributed by atoms with Gasteiger partial charge in [0.15, 0.2) is 4.77 Å². The van der Waals surface area contributed by atoms with Gasteiger partial charge < -0.3 is 9.72 Å². The Labute approximate surface area is 144 Å². The number of hydrogen-bond acceptors (Lipinski definition) is 3. The van der Waals surface area contributed by atoms with Gasteiger partial charge in [-0.15, -0.1) is 0 Å². The maximum absolute atomic E-state index is 12.8. The van der Waals surface area contributed by atoms with Gasteiger partial charge in [-0.25, -0.2) is 0 Å². The van der Waals surface area contributed by atoms with Gasteiger partial charge in [0.05, 0.1) is 22.7 Å². The zero-order valence-electron chi connectivity index (χ0n) is 13.2. The summed E-state index contributed by atoms with van der Waals surface area (Å²) in [6.45, 7) is 0. The predicted octanol–water partition coefficient (Wildman–Crippen LogP) is 4.37. The minimum Gasteiger partial charge on any atom is -0.490 e. The fraction of sp³-hybridized carbons (Fsp3) is 0.263. The Hall–Kier alpha value is -2.40. The van der Waals surface area contributed by atoms with Crippen molar-refractivity contribution in [1.82, 2.24) is 9.55 Å². The summed E-state index contributed by atoms with van der Waals surface area (Å²) in [5.41, 5.74) is 1.38. The number of rotatable bonds is 3. The predicted molar refractivity (Wildman–Crippen MR) is 97.6 cm³/mol. The van der Waals surface area contributed by atoms with Crippen molar-refractivity contribution in [2.75, 3.05) is 0 Å². The Morgan fingerprint density at radius 2 is 1.75 bits per heavy atom. The van der Waals surface area contributed by atoms with Gasteiger partial charge in [0, 0.05) is 0 Å². The first-order valence-electron chi connectivity index (χ1n) is 8.23. The van der Waals surface area contributed by atoms with Gasteiger partial charge >= 0.3 is 0 Å². The molecule has 2 aromatic carbocycles. The Kier molecular flexibility index (Phi) is 3.94. The van der Waals surface area contributed by atoms with E-state index in [9.17, 15) is 4.79 Å². The number of aromatic amines is 1. The van der Waals surface area contributed by atoms with Gasteiger partial charge in [0.25, 0.3) is 5.56 Å². The Balaban J connectivity index is 1.72. The van der Waals surface area contributed by atoms with Crippen LogP contribution in [-0.2, 0) is 0 Å². The third-order valence-corrected chi connectivity index (χ3v) is 4.79. The van der Waals surface area contributed by atoms with Crippen LogP contribution in [0.15, 0.2) is 53.3 Å². The third-order valence-electron chi connectivity index (χ3n) is 4.51. The van der Waals surface area contributed by atoms with Crippen LogP contribution in [0.2, 0.25) is 0 Å². The second kappa shape index (κ2) is 6.24. The van der Waals surface area contributed by atoms with Crippen LogP contribution in [0.25, 0.3) is 16.6 Å². The van der Waals surface area contributed by atoms with Crippen molar-refractivity contribution in [2.45, 2.75) is 31.8 Å². The van der Waals surface area contributed by atoms with Gasteiger partial charge in [-0.1, -0.05) is 12.1 Å². The molecule has 0 saturated heterocycles. The maximum atomic E-state index is 12.8. The van der Waals surface area contributed by atoms with E-state index >= 15 is 0 Å². The van der Waals surface area contributed by atoms with Crippen LogP contribution in [0.4, 0.5) is 0 Å². The highest BCUT2D eigenvalue weighted by molar-refractivity contribution is 7.71. The molecule has 0 amide bonds. The number of ether oxygens (including phenoxy) is 1. The van der Waals surface area contributed by atoms with Gasteiger partial charge in [-0.2, -0.15) is 0 Å². The molecule has 1 heterocycles. The fourth-order valence-corrected chi connectivity index (χ4v) is 3.57. The second-order valence-electron chi connectivity index (χ2n) is 6.13. The van der Waals surface area contributed by atoms with E-state index in [-0.39, 0.29) is 5.56 Å². The quantitative estimate of drug-likeness (QED) is 0.721. The number of fused-ring (bicyclic) bond motifs is 1. The van der Waals surface area contributed by atoms with Crippen molar-refractivity contribution in [2.24, 2.45) is 0 Å². The summed E-state index contributed by atoms with van der Waals surface area (Å²) < 4.78 is 7.89. The molecular formula is C19H18N2O2S. The van der Waals surface area contributed by atoms with E-state index < -0.39 is 0 Å². The van der Waals surface area contributed by atoms with Crippen LogP contribution in [0, 0.1) is 4.77 Å². The Morgan fingerprint density at radius 1 is 1.04 bits per heavy atom. The van der Waals surface area contributed by atoms with Crippen molar-refractivity contribution in [3.05, 3.63) is 63.7 Å². The molecule has 4 nitrogen and oxygen atoms in total. The SMILES string of the molecule is O=c1c2ccccc2[nH]c(=S)n1-c1ccc(OC2CCCC2)cc1. The number of benzene rings is 2. The third kappa shape index (κ3) is 2.76. The van der Waals surface area contributed by atoms with Gasteiger partial charge in [0.1, 0.15) is 5.75 Å². The minimum absolute atomic E-state index is 0.112. The van der Waals surface area contributed by atoms with E-state index in [1.807, 2.05) is 42.5 Å². The molecule has 0 aliphatic heterocycles. The number of H-pyrrole nitrogens is 1. The molecule has 24 heavy (non-hydrogen) atoms.